The van der Waals surface area contributed by atoms with Crippen LogP contribution < -0.4 is 4.74 Å². The van der Waals surface area contributed by atoms with Crippen LogP contribution in [0.15, 0.2) is 66.7 Å². The molecule has 1 aromatic heterocycles. The highest BCUT2D eigenvalue weighted by atomic mass is 16.5. The third-order valence-corrected chi connectivity index (χ3v) is 3.33. The molecule has 0 aliphatic heterocycles. The molecule has 0 unspecified atom stereocenters. The number of aromatic nitrogens is 1. The molecule has 100 valence electrons. The van der Waals surface area contributed by atoms with E-state index in [9.17, 15) is 0 Å². The van der Waals surface area contributed by atoms with Crippen LogP contribution in [0.25, 0.3) is 5.69 Å². The van der Waals surface area contributed by atoms with Gasteiger partial charge in [-0.3, -0.25) is 0 Å². The van der Waals surface area contributed by atoms with E-state index in [1.54, 1.807) is 0 Å². The van der Waals surface area contributed by atoms with E-state index in [2.05, 4.69) is 42.7 Å². The van der Waals surface area contributed by atoms with Crippen molar-refractivity contribution in [3.05, 3.63) is 78.1 Å². The van der Waals surface area contributed by atoms with Crippen LogP contribution >= 0.6 is 0 Å². The lowest BCUT2D eigenvalue weighted by molar-refractivity contribution is 0.482. The Morgan fingerprint density at radius 2 is 1.35 bits per heavy atom. The Labute approximate surface area is 119 Å². The van der Waals surface area contributed by atoms with Gasteiger partial charge in [0.05, 0.1) is 0 Å². The molecule has 0 amide bonds. The summed E-state index contributed by atoms with van der Waals surface area (Å²) in [6.45, 7) is 4.22. The van der Waals surface area contributed by atoms with Crippen LogP contribution in [0, 0.1) is 13.8 Å². The number of ether oxygens (including phenoxy) is 1. The van der Waals surface area contributed by atoms with E-state index < -0.39 is 0 Å². The van der Waals surface area contributed by atoms with E-state index in [1.165, 1.54) is 11.4 Å². The lowest BCUT2D eigenvalue weighted by Gasteiger charge is -2.11. The monoisotopic (exact) mass is 263 g/mol. The van der Waals surface area contributed by atoms with Crippen molar-refractivity contribution in [2.24, 2.45) is 0 Å². The minimum absolute atomic E-state index is 0.848. The average Bonchev–Trinajstić information content (AvgIpc) is 2.80. The van der Waals surface area contributed by atoms with Gasteiger partial charge in [0.1, 0.15) is 11.5 Å². The maximum absolute atomic E-state index is 5.88. The molecule has 0 saturated heterocycles. The van der Waals surface area contributed by atoms with E-state index in [0.29, 0.717) is 0 Å². The van der Waals surface area contributed by atoms with Crippen molar-refractivity contribution in [3.8, 4) is 17.2 Å². The zero-order valence-corrected chi connectivity index (χ0v) is 11.7. The molecule has 3 aromatic rings. The summed E-state index contributed by atoms with van der Waals surface area (Å²) in [5.74, 6) is 1.70. The molecular weight excluding hydrogens is 246 g/mol. The topological polar surface area (TPSA) is 14.2 Å². The fourth-order valence-electron chi connectivity index (χ4n) is 2.39. The summed E-state index contributed by atoms with van der Waals surface area (Å²) in [5.41, 5.74) is 3.57. The molecule has 3 rings (SSSR count). The molecule has 0 saturated carbocycles. The number of nitrogens with zero attached hydrogens (tertiary/aromatic N) is 1. The number of hydrogen-bond acceptors (Lipinski definition) is 1. The first-order valence-electron chi connectivity index (χ1n) is 6.72. The minimum atomic E-state index is 0.848. The summed E-state index contributed by atoms with van der Waals surface area (Å²) < 4.78 is 8.10. The van der Waals surface area contributed by atoms with Crippen LogP contribution in [-0.2, 0) is 0 Å². The SMILES string of the molecule is Cc1ccc(C)n1-c1cccc(Oc2ccccc2)c1. The average molecular weight is 263 g/mol. The summed E-state index contributed by atoms with van der Waals surface area (Å²) in [6, 6.07) is 22.2. The first-order valence-corrected chi connectivity index (χ1v) is 6.72. The predicted molar refractivity (Wildman–Crippen MR) is 81.8 cm³/mol. The van der Waals surface area contributed by atoms with Crippen molar-refractivity contribution in [2.75, 3.05) is 0 Å². The van der Waals surface area contributed by atoms with Gasteiger partial charge in [-0.1, -0.05) is 24.3 Å². The lowest BCUT2D eigenvalue weighted by Crippen LogP contribution is -1.98. The van der Waals surface area contributed by atoms with Gasteiger partial charge in [0, 0.05) is 23.1 Å². The fraction of sp³-hybridized carbons (Fsp3) is 0.111. The van der Waals surface area contributed by atoms with Crippen molar-refractivity contribution >= 4 is 0 Å². The summed E-state index contributed by atoms with van der Waals surface area (Å²) in [4.78, 5) is 0. The first kappa shape index (κ1) is 12.5. The van der Waals surface area contributed by atoms with Gasteiger partial charge in [0.2, 0.25) is 0 Å². The van der Waals surface area contributed by atoms with E-state index in [0.717, 1.165) is 17.2 Å². The van der Waals surface area contributed by atoms with E-state index in [-0.39, 0.29) is 0 Å². The number of benzene rings is 2. The molecular formula is C18H17NO. The second kappa shape index (κ2) is 5.25. The Hall–Kier alpha value is -2.48. The Morgan fingerprint density at radius 1 is 0.700 bits per heavy atom. The Balaban J connectivity index is 1.94. The molecule has 0 aliphatic rings. The van der Waals surface area contributed by atoms with E-state index in [1.807, 2.05) is 42.5 Å². The third-order valence-electron chi connectivity index (χ3n) is 3.33. The maximum Gasteiger partial charge on any atom is 0.129 e. The van der Waals surface area contributed by atoms with Crippen LogP contribution in [0.2, 0.25) is 0 Å². The largest absolute Gasteiger partial charge is 0.457 e. The minimum Gasteiger partial charge on any atom is -0.457 e. The highest BCUT2D eigenvalue weighted by Crippen LogP contribution is 2.25. The summed E-state index contributed by atoms with van der Waals surface area (Å²) in [6.07, 6.45) is 0. The molecule has 2 nitrogen and oxygen atoms in total. The molecule has 2 heteroatoms. The van der Waals surface area contributed by atoms with Crippen molar-refractivity contribution < 1.29 is 4.74 Å². The molecule has 20 heavy (non-hydrogen) atoms. The van der Waals surface area contributed by atoms with Crippen LogP contribution in [0.4, 0.5) is 0 Å². The molecule has 0 radical (unpaired) electrons. The van der Waals surface area contributed by atoms with E-state index in [4.69, 9.17) is 4.74 Å². The van der Waals surface area contributed by atoms with Gasteiger partial charge in [-0.05, 0) is 50.2 Å². The van der Waals surface area contributed by atoms with Crippen molar-refractivity contribution in [2.45, 2.75) is 13.8 Å². The van der Waals surface area contributed by atoms with Crippen LogP contribution in [-0.4, -0.2) is 4.57 Å². The number of para-hydroxylation sites is 1. The second-order valence-electron chi connectivity index (χ2n) is 4.86. The summed E-state index contributed by atoms with van der Waals surface area (Å²) in [5, 5.41) is 0. The number of aryl methyl sites for hydroxylation is 2. The van der Waals surface area contributed by atoms with Gasteiger partial charge < -0.3 is 9.30 Å². The Bertz CT molecular complexity index is 694. The van der Waals surface area contributed by atoms with Gasteiger partial charge in [0.25, 0.3) is 0 Å². The highest BCUT2D eigenvalue weighted by molar-refractivity contribution is 5.44. The third kappa shape index (κ3) is 2.45. The molecule has 0 fully saturated rings. The van der Waals surface area contributed by atoms with Gasteiger partial charge in [-0.2, -0.15) is 0 Å². The van der Waals surface area contributed by atoms with Crippen molar-refractivity contribution in [1.29, 1.82) is 0 Å². The van der Waals surface area contributed by atoms with Gasteiger partial charge >= 0.3 is 0 Å². The lowest BCUT2D eigenvalue weighted by atomic mass is 10.2. The number of hydrogen-bond donors (Lipinski definition) is 0. The molecule has 0 bridgehead atoms. The summed E-state index contributed by atoms with van der Waals surface area (Å²) in [7, 11) is 0. The van der Waals surface area contributed by atoms with Crippen LogP contribution in [0.3, 0.4) is 0 Å². The molecule has 0 aliphatic carbocycles. The van der Waals surface area contributed by atoms with Crippen molar-refractivity contribution in [1.82, 2.24) is 4.57 Å². The van der Waals surface area contributed by atoms with Crippen LogP contribution in [0.5, 0.6) is 11.5 Å². The smallest absolute Gasteiger partial charge is 0.129 e. The molecule has 1 heterocycles. The van der Waals surface area contributed by atoms with Crippen molar-refractivity contribution in [3.63, 3.8) is 0 Å². The van der Waals surface area contributed by atoms with Gasteiger partial charge in [-0.15, -0.1) is 0 Å². The zero-order chi connectivity index (χ0) is 13.9. The highest BCUT2D eigenvalue weighted by Gasteiger charge is 2.05. The van der Waals surface area contributed by atoms with E-state index >= 15 is 0 Å². The quantitative estimate of drug-likeness (QED) is 0.656. The van der Waals surface area contributed by atoms with Crippen LogP contribution in [0.1, 0.15) is 11.4 Å². The standard InChI is InChI=1S/C18H17NO/c1-14-11-12-15(2)19(14)16-7-6-10-18(13-16)20-17-8-4-3-5-9-17/h3-13H,1-2H3. The number of rotatable bonds is 3. The molecule has 0 spiro atoms. The molecule has 0 atom stereocenters. The van der Waals surface area contributed by atoms with Gasteiger partial charge in [-0.25, -0.2) is 0 Å². The zero-order valence-electron chi connectivity index (χ0n) is 11.7. The second-order valence-corrected chi connectivity index (χ2v) is 4.86. The molecule has 0 N–H and O–H groups in total. The molecule has 2 aromatic carbocycles. The summed E-state index contributed by atoms with van der Waals surface area (Å²) >= 11 is 0. The predicted octanol–water partition coefficient (Wildman–Crippen LogP) is 4.89. The normalized spacial score (nSPS) is 10.5. The van der Waals surface area contributed by atoms with Gasteiger partial charge in [0.15, 0.2) is 0 Å². The Kier molecular flexibility index (Phi) is 3.30. The maximum atomic E-state index is 5.88. The first-order chi connectivity index (χ1) is 9.74. The Morgan fingerprint density at radius 3 is 2.05 bits per heavy atom. The fourth-order valence-corrected chi connectivity index (χ4v) is 2.39.